The van der Waals surface area contributed by atoms with Gasteiger partial charge in [-0.25, -0.2) is 9.78 Å². The van der Waals surface area contributed by atoms with Gasteiger partial charge in [0.25, 0.3) is 0 Å². The fourth-order valence-electron chi connectivity index (χ4n) is 3.34. The first-order valence-corrected chi connectivity index (χ1v) is 10.0. The monoisotopic (exact) mass is 391 g/mol. The van der Waals surface area contributed by atoms with E-state index in [-0.39, 0.29) is 0 Å². The van der Waals surface area contributed by atoms with Crippen LogP contribution < -0.4 is 10.4 Å². The lowest BCUT2D eigenvalue weighted by molar-refractivity contribution is 0.407. The highest BCUT2D eigenvalue weighted by atomic mass is 32.1. The first-order valence-electron chi connectivity index (χ1n) is 9.20. The third-order valence-electron chi connectivity index (χ3n) is 4.84. The number of thiazole rings is 1. The van der Waals surface area contributed by atoms with Gasteiger partial charge in [0.05, 0.1) is 18.4 Å². The Kier molecular flexibility index (Phi) is 4.77. The zero-order valence-electron chi connectivity index (χ0n) is 16.3. The Labute approximate surface area is 167 Å². The van der Waals surface area contributed by atoms with E-state index < -0.39 is 5.63 Å². The average Bonchev–Trinajstić information content (AvgIpc) is 3.12. The van der Waals surface area contributed by atoms with Gasteiger partial charge >= 0.3 is 5.63 Å². The molecule has 0 aliphatic carbocycles. The second-order valence-corrected chi connectivity index (χ2v) is 7.87. The number of aryl methyl sites for hydroxylation is 3. The second-order valence-electron chi connectivity index (χ2n) is 6.79. The van der Waals surface area contributed by atoms with E-state index in [1.54, 1.807) is 24.5 Å². The molecule has 4 rings (SSSR count). The van der Waals surface area contributed by atoms with E-state index in [2.05, 4.69) is 39.0 Å². The van der Waals surface area contributed by atoms with Crippen molar-refractivity contribution in [2.24, 2.45) is 0 Å². The maximum atomic E-state index is 12.7. The standard InChI is InChI=1S/C23H21NO3S/c1-5-19-20(16-11-13(2)9-10-14(16)3)24-22(28-19)17-12-15-7-6-8-18(26-4)21(15)27-23(17)25/h6-12H,5H2,1-4H3. The Morgan fingerprint density at radius 2 is 1.93 bits per heavy atom. The number of methoxy groups -OCH3 is 1. The molecule has 2 heterocycles. The molecule has 0 aliphatic rings. The van der Waals surface area contributed by atoms with Crippen molar-refractivity contribution in [1.29, 1.82) is 0 Å². The third kappa shape index (κ3) is 3.12. The molecule has 2 aromatic carbocycles. The highest BCUT2D eigenvalue weighted by molar-refractivity contribution is 7.15. The number of hydrogen-bond donors (Lipinski definition) is 0. The molecule has 28 heavy (non-hydrogen) atoms. The Morgan fingerprint density at radius 1 is 1.11 bits per heavy atom. The molecular formula is C23H21NO3S. The van der Waals surface area contributed by atoms with Crippen LogP contribution in [0.15, 0.2) is 51.7 Å². The van der Waals surface area contributed by atoms with Crippen molar-refractivity contribution in [3.05, 3.63) is 68.9 Å². The summed E-state index contributed by atoms with van der Waals surface area (Å²) in [4.78, 5) is 18.7. The van der Waals surface area contributed by atoms with Crippen molar-refractivity contribution >= 4 is 22.3 Å². The van der Waals surface area contributed by atoms with E-state index >= 15 is 0 Å². The van der Waals surface area contributed by atoms with Crippen LogP contribution in [0.2, 0.25) is 0 Å². The van der Waals surface area contributed by atoms with Gasteiger partial charge in [0, 0.05) is 15.8 Å². The van der Waals surface area contributed by atoms with Gasteiger partial charge in [0.1, 0.15) is 5.01 Å². The smallest absolute Gasteiger partial charge is 0.346 e. The van der Waals surface area contributed by atoms with Gasteiger partial charge in [0.15, 0.2) is 11.3 Å². The molecule has 0 unspecified atom stereocenters. The summed E-state index contributed by atoms with van der Waals surface area (Å²) in [5.74, 6) is 0.547. The lowest BCUT2D eigenvalue weighted by Gasteiger charge is -2.06. The summed E-state index contributed by atoms with van der Waals surface area (Å²) in [6.07, 6.45) is 0.854. The van der Waals surface area contributed by atoms with E-state index in [9.17, 15) is 4.79 Å². The van der Waals surface area contributed by atoms with Crippen LogP contribution in [0.5, 0.6) is 5.75 Å². The van der Waals surface area contributed by atoms with Crippen molar-refractivity contribution in [1.82, 2.24) is 4.98 Å². The van der Waals surface area contributed by atoms with E-state index in [0.717, 1.165) is 27.9 Å². The molecular weight excluding hydrogens is 370 g/mol. The minimum Gasteiger partial charge on any atom is -0.493 e. The first kappa shape index (κ1) is 18.4. The van der Waals surface area contributed by atoms with Gasteiger partial charge < -0.3 is 9.15 Å². The highest BCUT2D eigenvalue weighted by Gasteiger charge is 2.19. The molecule has 0 saturated heterocycles. The van der Waals surface area contributed by atoms with Gasteiger partial charge in [-0.05, 0) is 44.0 Å². The Bertz CT molecular complexity index is 1240. The summed E-state index contributed by atoms with van der Waals surface area (Å²) in [7, 11) is 1.56. The predicted molar refractivity (Wildman–Crippen MR) is 114 cm³/mol. The summed E-state index contributed by atoms with van der Waals surface area (Å²) in [5, 5.41) is 1.50. The molecule has 4 nitrogen and oxygen atoms in total. The summed E-state index contributed by atoms with van der Waals surface area (Å²) < 4.78 is 10.9. The largest absolute Gasteiger partial charge is 0.493 e. The number of fused-ring (bicyclic) bond motifs is 1. The van der Waals surface area contributed by atoms with E-state index in [1.807, 2.05) is 18.2 Å². The number of para-hydroxylation sites is 1. The molecule has 0 N–H and O–H groups in total. The topological polar surface area (TPSA) is 52.3 Å². The zero-order chi connectivity index (χ0) is 19.8. The van der Waals surface area contributed by atoms with Crippen LogP contribution in [-0.2, 0) is 6.42 Å². The molecule has 0 fully saturated rings. The van der Waals surface area contributed by atoms with Crippen LogP contribution in [0, 0.1) is 13.8 Å². The number of nitrogens with zero attached hydrogens (tertiary/aromatic N) is 1. The van der Waals surface area contributed by atoms with Crippen LogP contribution in [0.1, 0.15) is 22.9 Å². The molecule has 0 atom stereocenters. The van der Waals surface area contributed by atoms with Crippen LogP contribution in [0.25, 0.3) is 32.8 Å². The molecule has 0 aliphatic heterocycles. The fourth-order valence-corrected chi connectivity index (χ4v) is 4.35. The van der Waals surface area contributed by atoms with Crippen molar-refractivity contribution < 1.29 is 9.15 Å². The summed E-state index contributed by atoms with van der Waals surface area (Å²) in [6.45, 7) is 6.27. The number of benzene rings is 2. The minimum absolute atomic E-state index is 0.402. The molecule has 142 valence electrons. The highest BCUT2D eigenvalue weighted by Crippen LogP contribution is 2.36. The lowest BCUT2D eigenvalue weighted by atomic mass is 10.0. The van der Waals surface area contributed by atoms with Gasteiger partial charge in [-0.3, -0.25) is 0 Å². The SMILES string of the molecule is CCc1sc(-c2cc3cccc(OC)c3oc2=O)nc1-c1cc(C)ccc1C. The van der Waals surface area contributed by atoms with E-state index in [1.165, 1.54) is 11.1 Å². The number of ether oxygens (including phenoxy) is 1. The Hall–Kier alpha value is -2.92. The molecule has 0 radical (unpaired) electrons. The van der Waals surface area contributed by atoms with Crippen molar-refractivity contribution in [3.63, 3.8) is 0 Å². The Balaban J connectivity index is 1.91. The molecule has 0 spiro atoms. The fraction of sp³-hybridized carbons (Fsp3) is 0.217. The van der Waals surface area contributed by atoms with Gasteiger partial charge in [-0.2, -0.15) is 0 Å². The molecule has 0 bridgehead atoms. The number of hydrogen-bond acceptors (Lipinski definition) is 5. The Morgan fingerprint density at radius 3 is 2.68 bits per heavy atom. The number of rotatable bonds is 4. The first-order chi connectivity index (χ1) is 13.5. The molecule has 2 aromatic heterocycles. The third-order valence-corrected chi connectivity index (χ3v) is 6.07. The quantitative estimate of drug-likeness (QED) is 0.414. The minimum atomic E-state index is -0.402. The molecule has 4 aromatic rings. The van der Waals surface area contributed by atoms with Crippen molar-refractivity contribution in [2.75, 3.05) is 7.11 Å². The average molecular weight is 391 g/mol. The summed E-state index contributed by atoms with van der Waals surface area (Å²) in [6, 6.07) is 13.8. The second kappa shape index (κ2) is 7.24. The lowest BCUT2D eigenvalue weighted by Crippen LogP contribution is -2.03. The van der Waals surface area contributed by atoms with E-state index in [0.29, 0.717) is 21.9 Å². The maximum absolute atomic E-state index is 12.7. The normalized spacial score (nSPS) is 11.1. The maximum Gasteiger partial charge on any atom is 0.346 e. The molecule has 0 saturated carbocycles. The van der Waals surface area contributed by atoms with Gasteiger partial charge in [-0.1, -0.05) is 36.8 Å². The molecule has 0 amide bonds. The van der Waals surface area contributed by atoms with Crippen LogP contribution in [0.3, 0.4) is 0 Å². The predicted octanol–water partition coefficient (Wildman–Crippen LogP) is 5.77. The van der Waals surface area contributed by atoms with E-state index in [4.69, 9.17) is 14.1 Å². The number of aromatic nitrogens is 1. The zero-order valence-corrected chi connectivity index (χ0v) is 17.1. The van der Waals surface area contributed by atoms with Crippen molar-refractivity contribution in [3.8, 4) is 27.6 Å². The van der Waals surface area contributed by atoms with Gasteiger partial charge in [-0.15, -0.1) is 11.3 Å². The summed E-state index contributed by atoms with van der Waals surface area (Å²) >= 11 is 1.55. The van der Waals surface area contributed by atoms with Gasteiger partial charge in [0.2, 0.25) is 0 Å². The van der Waals surface area contributed by atoms with Crippen molar-refractivity contribution in [2.45, 2.75) is 27.2 Å². The van der Waals surface area contributed by atoms with Crippen LogP contribution >= 0.6 is 11.3 Å². The van der Waals surface area contributed by atoms with Crippen LogP contribution in [0.4, 0.5) is 0 Å². The summed E-state index contributed by atoms with van der Waals surface area (Å²) in [5.41, 5.74) is 4.97. The van der Waals surface area contributed by atoms with Crippen LogP contribution in [-0.4, -0.2) is 12.1 Å². The molecule has 5 heteroatoms.